The van der Waals surface area contributed by atoms with E-state index in [0.717, 1.165) is 18.8 Å². The van der Waals surface area contributed by atoms with Gasteiger partial charge in [-0.05, 0) is 13.3 Å². The highest BCUT2D eigenvalue weighted by atomic mass is 16.1. The third-order valence-corrected chi connectivity index (χ3v) is 2.38. The first-order chi connectivity index (χ1) is 7.63. The second-order valence-corrected chi connectivity index (χ2v) is 3.99. The number of carbonyl (C=O) groups excluding carboxylic acids is 1. The van der Waals surface area contributed by atoms with Crippen LogP contribution in [-0.2, 0) is 17.9 Å². The van der Waals surface area contributed by atoms with E-state index in [1.165, 1.54) is 0 Å². The van der Waals surface area contributed by atoms with E-state index >= 15 is 0 Å². The van der Waals surface area contributed by atoms with Crippen LogP contribution in [0.25, 0.3) is 0 Å². The monoisotopic (exact) mass is 224 g/mol. The molecule has 0 spiro atoms. The Balaban J connectivity index is 2.41. The van der Waals surface area contributed by atoms with Gasteiger partial charge in [-0.1, -0.05) is 6.92 Å². The van der Waals surface area contributed by atoms with E-state index in [2.05, 4.69) is 21.8 Å². The first-order valence-electron chi connectivity index (χ1n) is 5.65. The van der Waals surface area contributed by atoms with E-state index in [9.17, 15) is 4.79 Å². The van der Waals surface area contributed by atoms with E-state index < -0.39 is 0 Å². The van der Waals surface area contributed by atoms with Gasteiger partial charge in [0, 0.05) is 31.4 Å². The quantitative estimate of drug-likeness (QED) is 0.714. The molecule has 1 heterocycles. The Morgan fingerprint density at radius 1 is 1.69 bits per heavy atom. The molecule has 1 rings (SSSR count). The molecule has 1 aromatic rings. The van der Waals surface area contributed by atoms with Gasteiger partial charge < -0.3 is 15.6 Å². The van der Waals surface area contributed by atoms with Crippen molar-refractivity contribution in [3.05, 3.63) is 18.2 Å². The van der Waals surface area contributed by atoms with E-state index in [1.54, 1.807) is 6.20 Å². The number of hydrogen-bond donors (Lipinski definition) is 2. The van der Waals surface area contributed by atoms with Gasteiger partial charge in [0.05, 0.1) is 6.54 Å². The van der Waals surface area contributed by atoms with Crippen LogP contribution in [0.1, 0.15) is 32.5 Å². The lowest BCUT2D eigenvalue weighted by molar-refractivity contribution is -0.118. The fourth-order valence-corrected chi connectivity index (χ4v) is 1.59. The number of nitrogens with zero attached hydrogens (tertiary/aromatic N) is 2. The molecule has 0 fully saturated rings. The zero-order valence-electron chi connectivity index (χ0n) is 9.94. The molecule has 3 N–H and O–H groups in total. The first-order valence-corrected chi connectivity index (χ1v) is 5.65. The molecule has 5 heteroatoms. The minimum atomic E-state index is -0.281. The topological polar surface area (TPSA) is 72.9 Å². The van der Waals surface area contributed by atoms with E-state index in [4.69, 9.17) is 5.73 Å². The smallest absolute Gasteiger partial charge is 0.218 e. The summed E-state index contributed by atoms with van der Waals surface area (Å²) in [5.41, 5.74) is 5.12. The number of hydrogen-bond acceptors (Lipinski definition) is 3. The Kier molecular flexibility index (Phi) is 4.98. The van der Waals surface area contributed by atoms with Crippen molar-refractivity contribution in [3.63, 3.8) is 0 Å². The second-order valence-electron chi connectivity index (χ2n) is 3.99. The van der Waals surface area contributed by atoms with Crippen LogP contribution in [0.15, 0.2) is 12.4 Å². The zero-order valence-corrected chi connectivity index (χ0v) is 9.94. The van der Waals surface area contributed by atoms with Crippen molar-refractivity contribution in [2.24, 2.45) is 5.73 Å². The predicted molar refractivity (Wildman–Crippen MR) is 62.6 cm³/mol. The molecular weight excluding hydrogens is 204 g/mol. The number of primary amides is 1. The number of amides is 1. The average molecular weight is 224 g/mol. The number of rotatable bonds is 7. The maximum atomic E-state index is 10.7. The standard InChI is InChI=1S/C11H20N4O/c1-3-5-15-6-4-13-11(15)8-14-9(2)7-10(12)16/h4,6,9,14H,3,5,7-8H2,1-2H3,(H2,12,16). The van der Waals surface area contributed by atoms with Crippen LogP contribution in [-0.4, -0.2) is 21.5 Å². The maximum absolute atomic E-state index is 10.7. The summed E-state index contributed by atoms with van der Waals surface area (Å²) in [7, 11) is 0. The third-order valence-electron chi connectivity index (χ3n) is 2.38. The van der Waals surface area contributed by atoms with Gasteiger partial charge in [-0.2, -0.15) is 0 Å². The van der Waals surface area contributed by atoms with Crippen molar-refractivity contribution in [1.82, 2.24) is 14.9 Å². The minimum Gasteiger partial charge on any atom is -0.370 e. The molecule has 5 nitrogen and oxygen atoms in total. The second kappa shape index (κ2) is 6.27. The Morgan fingerprint density at radius 3 is 3.06 bits per heavy atom. The summed E-state index contributed by atoms with van der Waals surface area (Å²) in [5, 5.41) is 3.23. The molecule has 0 aromatic carbocycles. The van der Waals surface area contributed by atoms with Gasteiger partial charge in [0.25, 0.3) is 0 Å². The average Bonchev–Trinajstić information content (AvgIpc) is 2.62. The molecule has 1 amide bonds. The maximum Gasteiger partial charge on any atom is 0.218 e. The molecule has 1 aromatic heterocycles. The molecule has 0 aliphatic rings. The molecule has 0 saturated carbocycles. The lowest BCUT2D eigenvalue weighted by atomic mass is 10.2. The highest BCUT2D eigenvalue weighted by Gasteiger charge is 2.07. The molecule has 90 valence electrons. The third kappa shape index (κ3) is 4.02. The van der Waals surface area contributed by atoms with Crippen LogP contribution >= 0.6 is 0 Å². The van der Waals surface area contributed by atoms with Crippen molar-refractivity contribution in [1.29, 1.82) is 0 Å². The Bertz CT molecular complexity index is 334. The lowest BCUT2D eigenvalue weighted by Crippen LogP contribution is -2.31. The summed E-state index contributed by atoms with van der Waals surface area (Å²) >= 11 is 0. The number of imidazole rings is 1. The minimum absolute atomic E-state index is 0.0873. The van der Waals surface area contributed by atoms with Crippen molar-refractivity contribution < 1.29 is 4.79 Å². The SMILES string of the molecule is CCCn1ccnc1CNC(C)CC(N)=O. The Labute approximate surface area is 96.0 Å². The van der Waals surface area contributed by atoms with Gasteiger partial charge in [0.1, 0.15) is 5.82 Å². The van der Waals surface area contributed by atoms with Gasteiger partial charge in [0.15, 0.2) is 0 Å². The van der Waals surface area contributed by atoms with Crippen molar-refractivity contribution >= 4 is 5.91 Å². The van der Waals surface area contributed by atoms with Crippen molar-refractivity contribution in [2.45, 2.75) is 45.8 Å². The van der Waals surface area contributed by atoms with Crippen LogP contribution in [0.2, 0.25) is 0 Å². The Morgan fingerprint density at radius 2 is 2.44 bits per heavy atom. The number of aryl methyl sites for hydroxylation is 1. The van der Waals surface area contributed by atoms with E-state index in [0.29, 0.717) is 13.0 Å². The number of aromatic nitrogens is 2. The van der Waals surface area contributed by atoms with Crippen LogP contribution in [0, 0.1) is 0 Å². The lowest BCUT2D eigenvalue weighted by Gasteiger charge is -2.12. The summed E-state index contributed by atoms with van der Waals surface area (Å²) < 4.78 is 2.12. The summed E-state index contributed by atoms with van der Waals surface area (Å²) in [6, 6.07) is 0.0873. The van der Waals surface area contributed by atoms with Crippen molar-refractivity contribution in [3.8, 4) is 0 Å². The summed E-state index contributed by atoms with van der Waals surface area (Å²) in [6.07, 6.45) is 5.21. The van der Waals surface area contributed by atoms with Crippen molar-refractivity contribution in [2.75, 3.05) is 0 Å². The van der Waals surface area contributed by atoms with Gasteiger partial charge >= 0.3 is 0 Å². The van der Waals surface area contributed by atoms with Gasteiger partial charge in [-0.25, -0.2) is 4.98 Å². The van der Waals surface area contributed by atoms with Crippen LogP contribution in [0.3, 0.4) is 0 Å². The fraction of sp³-hybridized carbons (Fsp3) is 0.636. The molecule has 0 aliphatic heterocycles. The molecule has 1 unspecified atom stereocenters. The highest BCUT2D eigenvalue weighted by molar-refractivity contribution is 5.74. The first kappa shape index (κ1) is 12.7. The highest BCUT2D eigenvalue weighted by Crippen LogP contribution is 2.00. The summed E-state index contributed by atoms with van der Waals surface area (Å²) in [4.78, 5) is 15.0. The molecular formula is C11H20N4O. The molecule has 0 saturated heterocycles. The normalized spacial score (nSPS) is 12.6. The number of nitrogens with two attached hydrogens (primary N) is 1. The Hall–Kier alpha value is -1.36. The van der Waals surface area contributed by atoms with E-state index in [-0.39, 0.29) is 11.9 Å². The van der Waals surface area contributed by atoms with Crippen LogP contribution in [0.5, 0.6) is 0 Å². The van der Waals surface area contributed by atoms with Crippen LogP contribution < -0.4 is 11.1 Å². The number of nitrogens with one attached hydrogen (secondary N) is 1. The van der Waals surface area contributed by atoms with Gasteiger partial charge in [0.2, 0.25) is 5.91 Å². The molecule has 0 radical (unpaired) electrons. The molecule has 16 heavy (non-hydrogen) atoms. The largest absolute Gasteiger partial charge is 0.370 e. The zero-order chi connectivity index (χ0) is 12.0. The fourth-order valence-electron chi connectivity index (χ4n) is 1.59. The molecule has 0 bridgehead atoms. The van der Waals surface area contributed by atoms with Crippen LogP contribution in [0.4, 0.5) is 0 Å². The van der Waals surface area contributed by atoms with E-state index in [1.807, 2.05) is 13.1 Å². The summed E-state index contributed by atoms with van der Waals surface area (Å²) in [6.45, 7) is 5.72. The molecule has 1 atom stereocenters. The molecule has 0 aliphatic carbocycles. The van der Waals surface area contributed by atoms with Gasteiger partial charge in [-0.15, -0.1) is 0 Å². The summed E-state index contributed by atoms with van der Waals surface area (Å²) in [5.74, 6) is 0.718. The van der Waals surface area contributed by atoms with Gasteiger partial charge in [-0.3, -0.25) is 4.79 Å². The predicted octanol–water partition coefficient (Wildman–Crippen LogP) is 0.647. The number of carbonyl (C=O) groups is 1.